The number of nitrogens with zero attached hydrogens (tertiary/aromatic N) is 2. The second-order valence-electron chi connectivity index (χ2n) is 4.67. The van der Waals surface area contributed by atoms with Crippen LogP contribution in [0.4, 0.5) is 0 Å². The summed E-state index contributed by atoms with van der Waals surface area (Å²) in [5.41, 5.74) is 10.2. The Labute approximate surface area is 102 Å². The number of aromatic nitrogens is 2. The van der Waals surface area contributed by atoms with Crippen molar-refractivity contribution in [1.29, 1.82) is 0 Å². The quantitative estimate of drug-likeness (QED) is 0.879. The van der Waals surface area contributed by atoms with Crippen LogP contribution >= 0.6 is 0 Å². The maximum atomic E-state index is 5.66. The third-order valence-corrected chi connectivity index (χ3v) is 2.83. The van der Waals surface area contributed by atoms with E-state index in [9.17, 15) is 0 Å². The van der Waals surface area contributed by atoms with E-state index in [1.54, 1.807) is 0 Å². The van der Waals surface area contributed by atoms with Gasteiger partial charge in [0.05, 0.1) is 11.4 Å². The van der Waals surface area contributed by atoms with Crippen LogP contribution in [0, 0.1) is 6.92 Å². The van der Waals surface area contributed by atoms with Gasteiger partial charge in [0.2, 0.25) is 0 Å². The van der Waals surface area contributed by atoms with Gasteiger partial charge in [0.15, 0.2) is 0 Å². The summed E-state index contributed by atoms with van der Waals surface area (Å²) in [7, 11) is 0. The van der Waals surface area contributed by atoms with Crippen molar-refractivity contribution in [3.63, 3.8) is 0 Å². The van der Waals surface area contributed by atoms with Gasteiger partial charge < -0.3 is 5.73 Å². The molecule has 1 aromatic carbocycles. The van der Waals surface area contributed by atoms with Crippen molar-refractivity contribution >= 4 is 0 Å². The highest BCUT2D eigenvalue weighted by Crippen LogP contribution is 2.20. The summed E-state index contributed by atoms with van der Waals surface area (Å²) in [5, 5.41) is 4.55. The van der Waals surface area contributed by atoms with E-state index in [1.807, 2.05) is 4.68 Å². The fourth-order valence-electron chi connectivity index (χ4n) is 1.92. The van der Waals surface area contributed by atoms with E-state index < -0.39 is 0 Å². The molecule has 0 atom stereocenters. The van der Waals surface area contributed by atoms with Gasteiger partial charge in [-0.1, -0.05) is 26.0 Å². The Morgan fingerprint density at radius 1 is 1.29 bits per heavy atom. The second kappa shape index (κ2) is 4.72. The average molecular weight is 229 g/mol. The van der Waals surface area contributed by atoms with Gasteiger partial charge in [0.25, 0.3) is 0 Å². The first-order chi connectivity index (χ1) is 8.11. The fraction of sp³-hybridized carbons (Fsp3) is 0.357. The van der Waals surface area contributed by atoms with Crippen LogP contribution in [0.25, 0.3) is 5.69 Å². The van der Waals surface area contributed by atoms with Crippen molar-refractivity contribution in [2.75, 3.05) is 0 Å². The van der Waals surface area contributed by atoms with Crippen LogP contribution in [-0.4, -0.2) is 9.78 Å². The summed E-state index contributed by atoms with van der Waals surface area (Å²) in [6, 6.07) is 10.4. The minimum Gasteiger partial charge on any atom is -0.325 e. The van der Waals surface area contributed by atoms with E-state index in [4.69, 9.17) is 5.73 Å². The van der Waals surface area contributed by atoms with Crippen LogP contribution in [0.15, 0.2) is 30.3 Å². The van der Waals surface area contributed by atoms with Crippen molar-refractivity contribution in [1.82, 2.24) is 9.78 Å². The Bertz CT molecular complexity index is 512. The lowest BCUT2D eigenvalue weighted by Gasteiger charge is -2.10. The summed E-state index contributed by atoms with van der Waals surface area (Å²) in [6.45, 7) is 6.91. The lowest BCUT2D eigenvalue weighted by atomic mass is 10.1. The number of rotatable bonds is 3. The molecule has 3 nitrogen and oxygen atoms in total. The highest BCUT2D eigenvalue weighted by atomic mass is 15.3. The van der Waals surface area contributed by atoms with Crippen LogP contribution in [0.1, 0.15) is 36.7 Å². The standard InChI is InChI=1S/C14H19N3/c1-10(2)14-8-12(9-15)16-17(14)13-6-4-5-11(3)7-13/h4-8,10H,9,15H2,1-3H3. The van der Waals surface area contributed by atoms with E-state index in [2.05, 4.69) is 56.2 Å². The van der Waals surface area contributed by atoms with Gasteiger partial charge in [-0.05, 0) is 36.6 Å². The summed E-state index contributed by atoms with van der Waals surface area (Å²) >= 11 is 0. The number of benzene rings is 1. The lowest BCUT2D eigenvalue weighted by Crippen LogP contribution is -2.04. The van der Waals surface area contributed by atoms with Gasteiger partial charge in [-0.2, -0.15) is 5.10 Å². The van der Waals surface area contributed by atoms with Gasteiger partial charge in [0, 0.05) is 12.2 Å². The minimum absolute atomic E-state index is 0.434. The van der Waals surface area contributed by atoms with E-state index in [1.165, 1.54) is 11.3 Å². The highest BCUT2D eigenvalue weighted by Gasteiger charge is 2.11. The maximum Gasteiger partial charge on any atom is 0.0767 e. The number of nitrogens with two attached hydrogens (primary N) is 1. The first kappa shape index (κ1) is 11.9. The Balaban J connectivity index is 2.53. The molecule has 2 rings (SSSR count). The Morgan fingerprint density at radius 3 is 2.65 bits per heavy atom. The SMILES string of the molecule is Cc1cccc(-n2nc(CN)cc2C(C)C)c1. The predicted octanol–water partition coefficient (Wildman–Crippen LogP) is 2.76. The molecule has 2 N–H and O–H groups in total. The molecule has 0 aliphatic carbocycles. The first-order valence-corrected chi connectivity index (χ1v) is 5.97. The van der Waals surface area contributed by atoms with Crippen LogP contribution < -0.4 is 5.73 Å². The molecule has 90 valence electrons. The number of hydrogen-bond acceptors (Lipinski definition) is 2. The summed E-state index contributed by atoms with van der Waals surface area (Å²) < 4.78 is 2.00. The molecule has 3 heteroatoms. The summed E-state index contributed by atoms with van der Waals surface area (Å²) in [4.78, 5) is 0. The predicted molar refractivity (Wildman–Crippen MR) is 70.3 cm³/mol. The molecule has 0 saturated heterocycles. The topological polar surface area (TPSA) is 43.8 Å². The van der Waals surface area contributed by atoms with Crippen LogP contribution in [0.3, 0.4) is 0 Å². The van der Waals surface area contributed by atoms with Gasteiger partial charge in [-0.15, -0.1) is 0 Å². The number of aryl methyl sites for hydroxylation is 1. The summed E-state index contributed by atoms with van der Waals surface area (Å²) in [6.07, 6.45) is 0. The zero-order valence-corrected chi connectivity index (χ0v) is 10.6. The molecule has 1 aromatic heterocycles. The molecule has 0 bridgehead atoms. The lowest BCUT2D eigenvalue weighted by molar-refractivity contribution is 0.726. The third kappa shape index (κ3) is 2.39. The molecule has 0 aliphatic heterocycles. The molecule has 0 spiro atoms. The van der Waals surface area contributed by atoms with Crippen LogP contribution in [0.2, 0.25) is 0 Å². The molecule has 0 amide bonds. The van der Waals surface area contributed by atoms with Gasteiger partial charge in [0.1, 0.15) is 0 Å². The van der Waals surface area contributed by atoms with E-state index in [0.29, 0.717) is 12.5 Å². The molecule has 0 aliphatic rings. The smallest absolute Gasteiger partial charge is 0.0767 e. The molecular weight excluding hydrogens is 210 g/mol. The average Bonchev–Trinajstić information content (AvgIpc) is 2.73. The molecule has 17 heavy (non-hydrogen) atoms. The molecule has 1 heterocycles. The summed E-state index contributed by atoms with van der Waals surface area (Å²) in [5.74, 6) is 0.434. The zero-order valence-electron chi connectivity index (χ0n) is 10.6. The highest BCUT2D eigenvalue weighted by molar-refractivity contribution is 5.37. The molecular formula is C14H19N3. The van der Waals surface area contributed by atoms with E-state index in [-0.39, 0.29) is 0 Å². The van der Waals surface area contributed by atoms with Gasteiger partial charge in [-0.3, -0.25) is 0 Å². The fourth-order valence-corrected chi connectivity index (χ4v) is 1.92. The van der Waals surface area contributed by atoms with Crippen molar-refractivity contribution in [2.45, 2.75) is 33.2 Å². The van der Waals surface area contributed by atoms with Crippen molar-refractivity contribution in [2.24, 2.45) is 5.73 Å². The van der Waals surface area contributed by atoms with Gasteiger partial charge in [-0.25, -0.2) is 4.68 Å². The number of hydrogen-bond donors (Lipinski definition) is 1. The third-order valence-electron chi connectivity index (χ3n) is 2.83. The Kier molecular flexibility index (Phi) is 3.29. The van der Waals surface area contributed by atoms with Crippen LogP contribution in [-0.2, 0) is 6.54 Å². The largest absolute Gasteiger partial charge is 0.325 e. The van der Waals surface area contributed by atoms with E-state index >= 15 is 0 Å². The molecule has 0 saturated carbocycles. The van der Waals surface area contributed by atoms with Crippen molar-refractivity contribution < 1.29 is 0 Å². The van der Waals surface area contributed by atoms with Crippen molar-refractivity contribution in [3.05, 3.63) is 47.3 Å². The second-order valence-corrected chi connectivity index (χ2v) is 4.67. The first-order valence-electron chi connectivity index (χ1n) is 5.97. The molecule has 0 fully saturated rings. The normalized spacial score (nSPS) is 11.1. The molecule has 0 radical (unpaired) electrons. The Morgan fingerprint density at radius 2 is 2.06 bits per heavy atom. The zero-order chi connectivity index (χ0) is 12.4. The monoisotopic (exact) mass is 229 g/mol. The van der Waals surface area contributed by atoms with Gasteiger partial charge >= 0.3 is 0 Å². The maximum absolute atomic E-state index is 5.66. The van der Waals surface area contributed by atoms with Crippen LogP contribution in [0.5, 0.6) is 0 Å². The molecule has 2 aromatic rings. The van der Waals surface area contributed by atoms with E-state index in [0.717, 1.165) is 11.4 Å². The molecule has 0 unspecified atom stereocenters. The Hall–Kier alpha value is -1.61. The minimum atomic E-state index is 0.434. The van der Waals surface area contributed by atoms with Crippen molar-refractivity contribution in [3.8, 4) is 5.69 Å².